The van der Waals surface area contributed by atoms with E-state index in [2.05, 4.69) is 29.4 Å². The number of imidazole rings is 1. The van der Waals surface area contributed by atoms with Crippen molar-refractivity contribution in [2.75, 3.05) is 0 Å². The molecule has 0 radical (unpaired) electrons. The molecule has 0 aliphatic heterocycles. The molecular formula is C24H23N3O2S. The quantitative estimate of drug-likeness (QED) is 0.390. The van der Waals surface area contributed by atoms with Gasteiger partial charge in [-0.15, -0.1) is 0 Å². The van der Waals surface area contributed by atoms with E-state index < -0.39 is 0 Å². The Kier molecular flexibility index (Phi) is 6.35. The Labute approximate surface area is 179 Å². The highest BCUT2D eigenvalue weighted by atomic mass is 32.2. The van der Waals surface area contributed by atoms with E-state index in [-0.39, 0.29) is 5.91 Å². The average Bonchev–Trinajstić information content (AvgIpc) is 3.41. The van der Waals surface area contributed by atoms with Gasteiger partial charge in [0.1, 0.15) is 5.76 Å². The van der Waals surface area contributed by atoms with Gasteiger partial charge in [0.15, 0.2) is 5.16 Å². The summed E-state index contributed by atoms with van der Waals surface area (Å²) in [5.74, 6) is 1.35. The second kappa shape index (κ2) is 9.50. The number of aromatic amines is 1. The van der Waals surface area contributed by atoms with Crippen LogP contribution in [0.4, 0.5) is 0 Å². The van der Waals surface area contributed by atoms with Crippen LogP contribution in [0.15, 0.2) is 82.6 Å². The number of carbonyl (C=O) groups excluding carboxylic acids is 1. The summed E-state index contributed by atoms with van der Waals surface area (Å²) in [6, 6.07) is 21.7. The maximum Gasteiger partial charge on any atom is 0.251 e. The van der Waals surface area contributed by atoms with Gasteiger partial charge in [0.2, 0.25) is 0 Å². The van der Waals surface area contributed by atoms with Crippen LogP contribution in [0.1, 0.15) is 38.6 Å². The van der Waals surface area contributed by atoms with Gasteiger partial charge in [-0.25, -0.2) is 4.98 Å². The van der Waals surface area contributed by atoms with Gasteiger partial charge in [0, 0.05) is 23.4 Å². The Bertz CT molecular complexity index is 1100. The highest BCUT2D eigenvalue weighted by Crippen LogP contribution is 2.23. The van der Waals surface area contributed by atoms with Crippen LogP contribution in [0.2, 0.25) is 0 Å². The number of H-pyrrole nitrogens is 1. The third kappa shape index (κ3) is 5.21. The molecule has 0 aliphatic rings. The fourth-order valence-corrected chi connectivity index (χ4v) is 4.02. The lowest BCUT2D eigenvalue weighted by Crippen LogP contribution is -2.22. The minimum absolute atomic E-state index is 0.114. The van der Waals surface area contributed by atoms with Crippen molar-refractivity contribution in [1.82, 2.24) is 15.3 Å². The van der Waals surface area contributed by atoms with Crippen LogP contribution in [0.25, 0.3) is 0 Å². The highest BCUT2D eigenvalue weighted by molar-refractivity contribution is 7.98. The number of benzene rings is 2. The van der Waals surface area contributed by atoms with E-state index >= 15 is 0 Å². The molecule has 0 unspecified atom stereocenters. The minimum Gasteiger partial charge on any atom is -0.467 e. The Morgan fingerprint density at radius 3 is 2.70 bits per heavy atom. The van der Waals surface area contributed by atoms with E-state index in [1.165, 1.54) is 5.56 Å². The normalized spacial score (nSPS) is 10.8. The average molecular weight is 418 g/mol. The van der Waals surface area contributed by atoms with Gasteiger partial charge in [-0.2, -0.15) is 0 Å². The fraction of sp³-hybridized carbons (Fsp3) is 0.167. The lowest BCUT2D eigenvalue weighted by molar-refractivity contribution is 0.0948. The molecule has 1 amide bonds. The number of nitrogens with one attached hydrogen (secondary N) is 2. The Morgan fingerprint density at radius 2 is 1.90 bits per heavy atom. The topological polar surface area (TPSA) is 70.9 Å². The molecule has 2 aromatic carbocycles. The van der Waals surface area contributed by atoms with Crippen molar-refractivity contribution in [3.05, 3.63) is 107 Å². The van der Waals surface area contributed by atoms with Crippen LogP contribution in [0.3, 0.4) is 0 Å². The Balaban J connectivity index is 1.35. The maximum absolute atomic E-state index is 12.4. The first-order valence-corrected chi connectivity index (χ1v) is 10.8. The first kappa shape index (κ1) is 20.0. The fourth-order valence-electron chi connectivity index (χ4n) is 3.13. The van der Waals surface area contributed by atoms with Gasteiger partial charge in [-0.3, -0.25) is 4.79 Å². The van der Waals surface area contributed by atoms with Gasteiger partial charge in [0.25, 0.3) is 5.91 Å². The number of carbonyl (C=O) groups is 1. The van der Waals surface area contributed by atoms with Gasteiger partial charge >= 0.3 is 0 Å². The molecule has 2 heterocycles. The van der Waals surface area contributed by atoms with Crippen molar-refractivity contribution in [3.63, 3.8) is 0 Å². The summed E-state index contributed by atoms with van der Waals surface area (Å²) >= 11 is 1.64. The number of nitrogens with zero attached hydrogens (tertiary/aromatic N) is 1. The molecule has 0 saturated carbocycles. The third-order valence-electron chi connectivity index (χ3n) is 4.75. The number of hydrogen-bond donors (Lipinski definition) is 2. The second-order valence-corrected chi connectivity index (χ2v) is 7.99. The summed E-state index contributed by atoms with van der Waals surface area (Å²) < 4.78 is 5.25. The largest absolute Gasteiger partial charge is 0.467 e. The first-order valence-electron chi connectivity index (χ1n) is 9.79. The molecule has 0 aliphatic carbocycles. The first-order chi connectivity index (χ1) is 14.7. The van der Waals surface area contributed by atoms with Crippen molar-refractivity contribution in [2.45, 2.75) is 30.8 Å². The molecule has 0 atom stereocenters. The molecule has 6 heteroatoms. The monoisotopic (exact) mass is 417 g/mol. The van der Waals surface area contributed by atoms with Gasteiger partial charge < -0.3 is 14.7 Å². The van der Waals surface area contributed by atoms with E-state index in [4.69, 9.17) is 9.40 Å². The predicted molar refractivity (Wildman–Crippen MR) is 118 cm³/mol. The number of aromatic nitrogens is 2. The number of furan rings is 1. The van der Waals surface area contributed by atoms with Crippen LogP contribution >= 0.6 is 11.8 Å². The number of thioether (sulfide) groups is 1. The van der Waals surface area contributed by atoms with Crippen LogP contribution in [0, 0.1) is 6.92 Å². The molecule has 0 saturated heterocycles. The second-order valence-electron chi connectivity index (χ2n) is 7.03. The molecular weight excluding hydrogens is 394 g/mol. The van der Waals surface area contributed by atoms with Crippen molar-refractivity contribution >= 4 is 17.7 Å². The smallest absolute Gasteiger partial charge is 0.251 e. The molecule has 0 spiro atoms. The zero-order valence-electron chi connectivity index (χ0n) is 16.7. The Hall–Kier alpha value is -3.25. The lowest BCUT2D eigenvalue weighted by atomic mass is 10.1. The molecule has 2 N–H and O–H groups in total. The summed E-state index contributed by atoms with van der Waals surface area (Å²) in [6.07, 6.45) is 2.41. The predicted octanol–water partition coefficient (Wildman–Crippen LogP) is 5.12. The van der Waals surface area contributed by atoms with Crippen molar-refractivity contribution < 1.29 is 9.21 Å². The van der Waals surface area contributed by atoms with Crippen molar-refractivity contribution in [2.24, 2.45) is 0 Å². The molecule has 4 aromatic rings. The van der Waals surface area contributed by atoms with Crippen LogP contribution in [0.5, 0.6) is 0 Å². The summed E-state index contributed by atoms with van der Waals surface area (Å²) in [4.78, 5) is 20.5. The molecule has 30 heavy (non-hydrogen) atoms. The zero-order valence-corrected chi connectivity index (χ0v) is 17.5. The number of rotatable bonds is 8. The maximum atomic E-state index is 12.4. The standard InChI is InChI=1S/C24H23N3O2S/c1-17-22(14-18-7-3-2-4-8-18)27-24(26-17)30-16-19-9-5-10-20(13-19)23(28)25-15-21-11-6-12-29-21/h2-13H,14-16H2,1H3,(H,25,28)(H,26,27). The molecule has 4 rings (SSSR count). The summed E-state index contributed by atoms with van der Waals surface area (Å²) in [7, 11) is 0. The third-order valence-corrected chi connectivity index (χ3v) is 5.69. The molecule has 152 valence electrons. The Morgan fingerprint density at radius 1 is 1.07 bits per heavy atom. The number of amides is 1. The number of aryl methyl sites for hydroxylation is 1. The van der Waals surface area contributed by atoms with Crippen LogP contribution in [-0.2, 0) is 18.7 Å². The highest BCUT2D eigenvalue weighted by Gasteiger charge is 2.10. The SMILES string of the molecule is Cc1[nH]c(SCc2cccc(C(=O)NCc3ccco3)c2)nc1Cc1ccccc1. The van der Waals surface area contributed by atoms with E-state index in [1.807, 2.05) is 48.5 Å². The van der Waals surface area contributed by atoms with E-state index in [0.717, 1.165) is 40.0 Å². The van der Waals surface area contributed by atoms with Crippen molar-refractivity contribution in [3.8, 4) is 0 Å². The van der Waals surface area contributed by atoms with Gasteiger partial charge in [-0.1, -0.05) is 54.2 Å². The van der Waals surface area contributed by atoms with E-state index in [9.17, 15) is 4.79 Å². The van der Waals surface area contributed by atoms with Crippen LogP contribution in [-0.4, -0.2) is 15.9 Å². The number of hydrogen-bond acceptors (Lipinski definition) is 4. The zero-order chi connectivity index (χ0) is 20.8. The summed E-state index contributed by atoms with van der Waals surface area (Å²) in [5.41, 5.74) is 5.11. The molecule has 2 aromatic heterocycles. The summed E-state index contributed by atoms with van der Waals surface area (Å²) in [6.45, 7) is 2.43. The van der Waals surface area contributed by atoms with Gasteiger partial charge in [0.05, 0.1) is 18.5 Å². The molecule has 0 fully saturated rings. The van der Waals surface area contributed by atoms with Crippen molar-refractivity contribution in [1.29, 1.82) is 0 Å². The molecule has 0 bridgehead atoms. The van der Waals surface area contributed by atoms with Gasteiger partial charge in [-0.05, 0) is 42.3 Å². The minimum atomic E-state index is -0.114. The van der Waals surface area contributed by atoms with E-state index in [0.29, 0.717) is 12.1 Å². The summed E-state index contributed by atoms with van der Waals surface area (Å²) in [5, 5.41) is 3.77. The van der Waals surface area contributed by atoms with Crippen LogP contribution < -0.4 is 5.32 Å². The molecule has 5 nitrogen and oxygen atoms in total. The lowest BCUT2D eigenvalue weighted by Gasteiger charge is -2.06. The van der Waals surface area contributed by atoms with E-state index in [1.54, 1.807) is 24.1 Å².